The van der Waals surface area contributed by atoms with E-state index in [0.29, 0.717) is 21.9 Å². The molecule has 12 aromatic rings. The summed E-state index contributed by atoms with van der Waals surface area (Å²) in [6.45, 7) is 0. The Morgan fingerprint density at radius 1 is 0.358 bits per heavy atom. The van der Waals surface area contributed by atoms with Crippen molar-refractivity contribution in [1.29, 1.82) is 0 Å². The molecule has 10 aromatic carbocycles. The minimum atomic E-state index is -0.773. The molecule has 1 aliphatic heterocycles. The van der Waals surface area contributed by atoms with Crippen molar-refractivity contribution in [2.24, 2.45) is 0 Å². The third-order valence-corrected chi connectivity index (χ3v) is 13.5. The molecule has 0 saturated carbocycles. The standard InChI is InChI=1S/C62H40N2O3/c65-61-50-26-14-16-28-58(50)67-59-37-42(31-35-51(59)61)41-29-32-47(33-30-41)64-55-36-34-48(63(45-21-9-3-10-22-45)46-23-11-4-12-24-46)38-53(55)62(43-17-5-1-6-18-43,44-19-7-2-8-20-44)54-39-52-49-25-13-15-27-57(49)66-60(52)40-56(54)64/h1-40H. The molecule has 13 rings (SSSR count). The predicted molar refractivity (Wildman–Crippen MR) is 274 cm³/mol. The van der Waals surface area contributed by atoms with Crippen molar-refractivity contribution < 1.29 is 8.83 Å². The molecular weight excluding hydrogens is 821 g/mol. The van der Waals surface area contributed by atoms with Gasteiger partial charge in [-0.25, -0.2) is 0 Å². The van der Waals surface area contributed by atoms with Crippen LogP contribution in [-0.2, 0) is 5.41 Å². The molecule has 0 saturated heterocycles. The number of para-hydroxylation sites is 4. The highest BCUT2D eigenvalue weighted by molar-refractivity contribution is 6.08. The first-order chi connectivity index (χ1) is 33.1. The van der Waals surface area contributed by atoms with Crippen LogP contribution >= 0.6 is 0 Å². The maximum atomic E-state index is 13.4. The SMILES string of the molecule is O=c1c2ccccc2oc2cc(-c3ccc(N4c5ccc(N(c6ccccc6)c6ccccc6)cc5C(c5ccccc5)(c5ccccc5)c5cc6c(cc54)oc4ccccc46)cc3)ccc12. The number of nitrogens with zero attached hydrogens (tertiary/aromatic N) is 2. The predicted octanol–water partition coefficient (Wildman–Crippen LogP) is 16.1. The molecule has 5 heteroatoms. The molecule has 5 nitrogen and oxygen atoms in total. The summed E-state index contributed by atoms with van der Waals surface area (Å²) in [5.74, 6) is 0. The summed E-state index contributed by atoms with van der Waals surface area (Å²) >= 11 is 0. The molecule has 67 heavy (non-hydrogen) atoms. The van der Waals surface area contributed by atoms with Crippen LogP contribution in [0.1, 0.15) is 22.3 Å². The zero-order valence-electron chi connectivity index (χ0n) is 36.2. The molecular formula is C62H40N2O3. The first-order valence-electron chi connectivity index (χ1n) is 22.6. The van der Waals surface area contributed by atoms with Crippen molar-refractivity contribution in [2.45, 2.75) is 5.41 Å². The first kappa shape index (κ1) is 38.5. The maximum absolute atomic E-state index is 13.4. The van der Waals surface area contributed by atoms with Gasteiger partial charge in [0.25, 0.3) is 0 Å². The molecule has 0 spiro atoms. The van der Waals surface area contributed by atoms with Gasteiger partial charge < -0.3 is 18.6 Å². The molecule has 0 aliphatic carbocycles. The zero-order chi connectivity index (χ0) is 44.5. The van der Waals surface area contributed by atoms with Gasteiger partial charge in [-0.2, -0.15) is 0 Å². The molecule has 1 aliphatic rings. The number of benzene rings is 10. The Hall–Kier alpha value is -8.93. The number of hydrogen-bond donors (Lipinski definition) is 0. The fourth-order valence-electron chi connectivity index (χ4n) is 10.5. The van der Waals surface area contributed by atoms with Crippen LogP contribution in [0, 0.1) is 0 Å². The fourth-order valence-corrected chi connectivity index (χ4v) is 10.5. The van der Waals surface area contributed by atoms with E-state index in [-0.39, 0.29) is 5.43 Å². The van der Waals surface area contributed by atoms with E-state index < -0.39 is 5.41 Å². The van der Waals surface area contributed by atoms with Crippen LogP contribution in [0.2, 0.25) is 0 Å². The Labute approximate surface area is 386 Å². The average molecular weight is 861 g/mol. The molecule has 0 fully saturated rings. The van der Waals surface area contributed by atoms with Crippen LogP contribution in [-0.4, -0.2) is 0 Å². The van der Waals surface area contributed by atoms with E-state index in [0.717, 1.165) is 89.4 Å². The van der Waals surface area contributed by atoms with E-state index in [1.165, 1.54) is 0 Å². The minimum Gasteiger partial charge on any atom is -0.456 e. The highest BCUT2D eigenvalue weighted by Gasteiger charge is 2.47. The molecule has 0 N–H and O–H groups in total. The summed E-state index contributed by atoms with van der Waals surface area (Å²) in [4.78, 5) is 18.2. The van der Waals surface area contributed by atoms with Gasteiger partial charge in [0, 0.05) is 39.6 Å². The number of fused-ring (bicyclic) bond motifs is 7. The van der Waals surface area contributed by atoms with Gasteiger partial charge >= 0.3 is 0 Å². The van der Waals surface area contributed by atoms with E-state index in [1.807, 2.05) is 48.5 Å². The van der Waals surface area contributed by atoms with Gasteiger partial charge in [-0.3, -0.25) is 4.79 Å². The van der Waals surface area contributed by atoms with E-state index >= 15 is 0 Å². The average Bonchev–Trinajstić information content (AvgIpc) is 3.76. The zero-order valence-corrected chi connectivity index (χ0v) is 36.2. The van der Waals surface area contributed by atoms with E-state index in [9.17, 15) is 4.79 Å². The normalized spacial score (nSPS) is 12.9. The molecule has 316 valence electrons. The molecule has 3 heterocycles. The summed E-state index contributed by atoms with van der Waals surface area (Å²) in [7, 11) is 0. The van der Waals surface area contributed by atoms with Crippen molar-refractivity contribution in [2.75, 3.05) is 9.80 Å². The highest BCUT2D eigenvalue weighted by atomic mass is 16.3. The van der Waals surface area contributed by atoms with Gasteiger partial charge in [-0.15, -0.1) is 0 Å². The summed E-state index contributed by atoms with van der Waals surface area (Å²) in [5.41, 5.74) is 14.8. The van der Waals surface area contributed by atoms with Crippen molar-refractivity contribution in [1.82, 2.24) is 0 Å². The van der Waals surface area contributed by atoms with Crippen LogP contribution in [0.5, 0.6) is 0 Å². The summed E-state index contributed by atoms with van der Waals surface area (Å²) in [6.07, 6.45) is 0. The molecule has 0 bridgehead atoms. The summed E-state index contributed by atoms with van der Waals surface area (Å²) in [6, 6.07) is 85.0. The Morgan fingerprint density at radius 3 is 1.51 bits per heavy atom. The lowest BCUT2D eigenvalue weighted by atomic mass is 9.62. The summed E-state index contributed by atoms with van der Waals surface area (Å²) < 4.78 is 13.0. The fraction of sp³-hybridized carbons (Fsp3) is 0.0161. The van der Waals surface area contributed by atoms with Gasteiger partial charge in [-0.1, -0.05) is 146 Å². The first-order valence-corrected chi connectivity index (χ1v) is 22.6. The Balaban J connectivity index is 1.08. The maximum Gasteiger partial charge on any atom is 0.200 e. The van der Waals surface area contributed by atoms with Gasteiger partial charge in [0.1, 0.15) is 22.3 Å². The van der Waals surface area contributed by atoms with Crippen molar-refractivity contribution in [3.05, 3.63) is 275 Å². The topological polar surface area (TPSA) is 49.8 Å². The molecule has 0 radical (unpaired) electrons. The number of furan rings is 1. The van der Waals surface area contributed by atoms with Gasteiger partial charge in [0.2, 0.25) is 5.43 Å². The largest absolute Gasteiger partial charge is 0.456 e. The van der Waals surface area contributed by atoms with Crippen LogP contribution in [0.4, 0.5) is 34.1 Å². The van der Waals surface area contributed by atoms with Crippen molar-refractivity contribution in [3.63, 3.8) is 0 Å². The second-order valence-corrected chi connectivity index (χ2v) is 17.2. The molecule has 0 amide bonds. The Kier molecular flexibility index (Phi) is 8.83. The Morgan fingerprint density at radius 2 is 0.866 bits per heavy atom. The lowest BCUT2D eigenvalue weighted by Crippen LogP contribution is -2.38. The van der Waals surface area contributed by atoms with Crippen molar-refractivity contribution >= 4 is 78.0 Å². The lowest BCUT2D eigenvalue weighted by molar-refractivity contribution is 0.660. The molecule has 0 atom stereocenters. The van der Waals surface area contributed by atoms with E-state index in [2.05, 4.69) is 204 Å². The third kappa shape index (κ3) is 6.05. The van der Waals surface area contributed by atoms with E-state index in [4.69, 9.17) is 8.83 Å². The van der Waals surface area contributed by atoms with Gasteiger partial charge in [0.05, 0.1) is 27.6 Å². The smallest absolute Gasteiger partial charge is 0.200 e. The van der Waals surface area contributed by atoms with E-state index in [1.54, 1.807) is 0 Å². The quantitative estimate of drug-likeness (QED) is 0.149. The van der Waals surface area contributed by atoms with Crippen LogP contribution in [0.3, 0.4) is 0 Å². The number of rotatable bonds is 7. The van der Waals surface area contributed by atoms with Gasteiger partial charge in [-0.05, 0) is 124 Å². The Bertz CT molecular complexity index is 3800. The van der Waals surface area contributed by atoms with Crippen LogP contribution < -0.4 is 15.2 Å². The van der Waals surface area contributed by atoms with Crippen LogP contribution in [0.25, 0.3) is 55.0 Å². The van der Waals surface area contributed by atoms with Crippen molar-refractivity contribution in [3.8, 4) is 11.1 Å². The summed E-state index contributed by atoms with van der Waals surface area (Å²) in [5, 5.41) is 3.28. The second kappa shape index (κ2) is 15.4. The third-order valence-electron chi connectivity index (χ3n) is 13.5. The highest BCUT2D eigenvalue weighted by Crippen LogP contribution is 2.60. The molecule has 2 aromatic heterocycles. The molecule has 0 unspecified atom stereocenters. The van der Waals surface area contributed by atoms with Gasteiger partial charge in [0.15, 0.2) is 0 Å². The number of anilines is 6. The monoisotopic (exact) mass is 860 g/mol. The van der Waals surface area contributed by atoms with Crippen LogP contribution in [0.15, 0.2) is 256 Å². The lowest BCUT2D eigenvalue weighted by Gasteiger charge is -2.47. The number of hydrogen-bond acceptors (Lipinski definition) is 5. The second-order valence-electron chi connectivity index (χ2n) is 17.2. The minimum absolute atomic E-state index is 0.0272.